The largest absolute Gasteiger partial charge is 0.333 e. The molecule has 0 saturated heterocycles. The van der Waals surface area contributed by atoms with E-state index in [9.17, 15) is 4.79 Å². The zero-order valence-corrected chi connectivity index (χ0v) is 15.0. The molecule has 0 aliphatic rings. The first-order valence-corrected chi connectivity index (χ1v) is 8.37. The minimum atomic E-state index is 0.00808. The van der Waals surface area contributed by atoms with Gasteiger partial charge in [0.05, 0.1) is 5.69 Å². The van der Waals surface area contributed by atoms with Gasteiger partial charge in [-0.1, -0.05) is 44.5 Å². The highest BCUT2D eigenvalue weighted by molar-refractivity contribution is 6.30. The van der Waals surface area contributed by atoms with Gasteiger partial charge >= 0.3 is 0 Å². The fraction of sp³-hybridized carbons (Fsp3) is 0.444. The SMILES string of the molecule is CCCN(Cc1cccc(Cl)c1)C(=O)c1cc(C(C)C)nn1C. The van der Waals surface area contributed by atoms with Gasteiger partial charge in [0.2, 0.25) is 0 Å². The van der Waals surface area contributed by atoms with E-state index in [0.29, 0.717) is 29.7 Å². The van der Waals surface area contributed by atoms with Crippen LogP contribution < -0.4 is 0 Å². The van der Waals surface area contributed by atoms with Crippen molar-refractivity contribution >= 4 is 17.5 Å². The maximum Gasteiger partial charge on any atom is 0.272 e. The number of aromatic nitrogens is 2. The lowest BCUT2D eigenvalue weighted by atomic mass is 10.1. The molecule has 23 heavy (non-hydrogen) atoms. The Labute approximate surface area is 143 Å². The molecule has 0 aliphatic carbocycles. The molecule has 0 radical (unpaired) electrons. The van der Waals surface area contributed by atoms with Crippen molar-refractivity contribution in [2.75, 3.05) is 6.54 Å². The van der Waals surface area contributed by atoms with Crippen LogP contribution in [-0.4, -0.2) is 27.1 Å². The van der Waals surface area contributed by atoms with Crippen LogP contribution in [0, 0.1) is 0 Å². The minimum absolute atomic E-state index is 0.00808. The highest BCUT2D eigenvalue weighted by atomic mass is 35.5. The summed E-state index contributed by atoms with van der Waals surface area (Å²) in [6.45, 7) is 7.47. The van der Waals surface area contributed by atoms with E-state index >= 15 is 0 Å². The predicted octanol–water partition coefficient (Wildman–Crippen LogP) is 4.25. The summed E-state index contributed by atoms with van der Waals surface area (Å²) in [7, 11) is 1.82. The standard InChI is InChI=1S/C18H24ClN3O/c1-5-9-22(12-14-7-6-8-15(19)10-14)18(23)17-11-16(13(2)3)20-21(17)4/h6-8,10-11,13H,5,9,12H2,1-4H3. The summed E-state index contributed by atoms with van der Waals surface area (Å²) >= 11 is 6.05. The third-order valence-electron chi connectivity index (χ3n) is 3.75. The Bertz CT molecular complexity index is 679. The molecule has 0 saturated carbocycles. The van der Waals surface area contributed by atoms with Crippen LogP contribution >= 0.6 is 11.6 Å². The van der Waals surface area contributed by atoms with Crippen molar-refractivity contribution in [2.24, 2.45) is 7.05 Å². The number of carbonyl (C=O) groups excluding carboxylic acids is 1. The zero-order valence-electron chi connectivity index (χ0n) is 14.2. The third kappa shape index (κ3) is 4.35. The van der Waals surface area contributed by atoms with E-state index in [2.05, 4.69) is 25.9 Å². The Hall–Kier alpha value is -1.81. The summed E-state index contributed by atoms with van der Waals surface area (Å²) in [4.78, 5) is 14.8. The molecule has 0 unspecified atom stereocenters. The number of aryl methyl sites for hydroxylation is 1. The molecule has 0 fully saturated rings. The van der Waals surface area contributed by atoms with Gasteiger partial charge in [-0.3, -0.25) is 9.48 Å². The van der Waals surface area contributed by atoms with Gasteiger partial charge in [-0.05, 0) is 36.1 Å². The van der Waals surface area contributed by atoms with E-state index in [1.165, 1.54) is 0 Å². The van der Waals surface area contributed by atoms with E-state index in [1.54, 1.807) is 4.68 Å². The molecular weight excluding hydrogens is 310 g/mol. The van der Waals surface area contributed by atoms with Gasteiger partial charge < -0.3 is 4.90 Å². The second-order valence-corrected chi connectivity index (χ2v) is 6.53. The normalized spacial score (nSPS) is 11.0. The van der Waals surface area contributed by atoms with Crippen molar-refractivity contribution in [3.05, 3.63) is 52.3 Å². The maximum atomic E-state index is 12.9. The lowest BCUT2D eigenvalue weighted by molar-refractivity contribution is 0.0732. The monoisotopic (exact) mass is 333 g/mol. The van der Waals surface area contributed by atoms with E-state index in [4.69, 9.17) is 11.6 Å². The van der Waals surface area contributed by atoms with Crippen LogP contribution in [0.15, 0.2) is 30.3 Å². The van der Waals surface area contributed by atoms with Crippen molar-refractivity contribution in [3.63, 3.8) is 0 Å². The van der Waals surface area contributed by atoms with E-state index in [-0.39, 0.29) is 5.91 Å². The van der Waals surface area contributed by atoms with E-state index in [0.717, 1.165) is 17.7 Å². The molecule has 0 spiro atoms. The molecular formula is C18H24ClN3O. The summed E-state index contributed by atoms with van der Waals surface area (Å²) in [5.41, 5.74) is 2.60. The first-order valence-electron chi connectivity index (χ1n) is 8.00. The molecule has 0 aliphatic heterocycles. The molecule has 0 bridgehead atoms. The summed E-state index contributed by atoms with van der Waals surface area (Å²) < 4.78 is 1.68. The van der Waals surface area contributed by atoms with Crippen LogP contribution in [0.25, 0.3) is 0 Å². The summed E-state index contributed by atoms with van der Waals surface area (Å²) in [5, 5.41) is 5.13. The van der Waals surface area contributed by atoms with Crippen molar-refractivity contribution in [3.8, 4) is 0 Å². The fourth-order valence-electron chi connectivity index (χ4n) is 2.51. The second-order valence-electron chi connectivity index (χ2n) is 6.09. The minimum Gasteiger partial charge on any atom is -0.333 e. The molecule has 2 aromatic rings. The molecule has 0 atom stereocenters. The van der Waals surface area contributed by atoms with Gasteiger partial charge in [0, 0.05) is 25.2 Å². The van der Waals surface area contributed by atoms with Crippen molar-refractivity contribution in [2.45, 2.75) is 39.7 Å². The number of rotatable bonds is 6. The molecule has 2 rings (SSSR count). The molecule has 1 aromatic heterocycles. The van der Waals surface area contributed by atoms with Crippen molar-refractivity contribution in [1.29, 1.82) is 0 Å². The Morgan fingerprint density at radius 3 is 2.65 bits per heavy atom. The number of carbonyl (C=O) groups is 1. The molecule has 4 nitrogen and oxygen atoms in total. The van der Waals surface area contributed by atoms with Crippen LogP contribution in [0.3, 0.4) is 0 Å². The summed E-state index contributed by atoms with van der Waals surface area (Å²) in [6.07, 6.45) is 0.904. The average molecular weight is 334 g/mol. The van der Waals surface area contributed by atoms with Gasteiger partial charge in [0.15, 0.2) is 0 Å². The maximum absolute atomic E-state index is 12.9. The lowest BCUT2D eigenvalue weighted by Crippen LogP contribution is -2.32. The number of hydrogen-bond acceptors (Lipinski definition) is 2. The van der Waals surface area contributed by atoms with Crippen LogP contribution in [0.2, 0.25) is 5.02 Å². The third-order valence-corrected chi connectivity index (χ3v) is 3.99. The summed E-state index contributed by atoms with van der Waals surface area (Å²) in [5.74, 6) is 0.309. The second kappa shape index (κ2) is 7.64. The van der Waals surface area contributed by atoms with Gasteiger partial charge in [0.1, 0.15) is 5.69 Å². The van der Waals surface area contributed by atoms with Gasteiger partial charge in [-0.25, -0.2) is 0 Å². The van der Waals surface area contributed by atoms with Gasteiger partial charge in [-0.2, -0.15) is 5.10 Å². The van der Waals surface area contributed by atoms with Crippen LogP contribution in [-0.2, 0) is 13.6 Å². The lowest BCUT2D eigenvalue weighted by Gasteiger charge is -2.22. The summed E-state index contributed by atoms with van der Waals surface area (Å²) in [6, 6.07) is 9.54. The molecule has 1 amide bonds. The molecule has 124 valence electrons. The fourth-order valence-corrected chi connectivity index (χ4v) is 2.72. The number of halogens is 1. The van der Waals surface area contributed by atoms with E-state index < -0.39 is 0 Å². The van der Waals surface area contributed by atoms with Crippen molar-refractivity contribution < 1.29 is 4.79 Å². The number of hydrogen-bond donors (Lipinski definition) is 0. The highest BCUT2D eigenvalue weighted by Crippen LogP contribution is 2.18. The van der Waals surface area contributed by atoms with E-state index in [1.807, 2.05) is 42.3 Å². The Balaban J connectivity index is 2.24. The first kappa shape index (κ1) is 17.5. The topological polar surface area (TPSA) is 38.1 Å². The Morgan fingerprint density at radius 1 is 1.35 bits per heavy atom. The van der Waals surface area contributed by atoms with Crippen LogP contribution in [0.4, 0.5) is 0 Å². The first-order chi connectivity index (χ1) is 10.9. The number of nitrogens with zero attached hydrogens (tertiary/aromatic N) is 3. The quantitative estimate of drug-likeness (QED) is 0.792. The number of benzene rings is 1. The van der Waals surface area contributed by atoms with Gasteiger partial charge in [0.25, 0.3) is 5.91 Å². The van der Waals surface area contributed by atoms with Gasteiger partial charge in [-0.15, -0.1) is 0 Å². The van der Waals surface area contributed by atoms with Crippen molar-refractivity contribution in [1.82, 2.24) is 14.7 Å². The predicted molar refractivity (Wildman–Crippen MR) is 93.8 cm³/mol. The zero-order chi connectivity index (χ0) is 17.0. The number of amides is 1. The average Bonchev–Trinajstić information content (AvgIpc) is 2.88. The molecule has 1 heterocycles. The Morgan fingerprint density at radius 2 is 2.09 bits per heavy atom. The molecule has 0 N–H and O–H groups in total. The Kier molecular flexibility index (Phi) is 5.83. The molecule has 5 heteroatoms. The van der Waals surface area contributed by atoms with Crippen LogP contribution in [0.1, 0.15) is 54.9 Å². The van der Waals surface area contributed by atoms with Crippen LogP contribution in [0.5, 0.6) is 0 Å². The molecule has 1 aromatic carbocycles. The highest BCUT2D eigenvalue weighted by Gasteiger charge is 2.21. The smallest absolute Gasteiger partial charge is 0.272 e.